The molecule has 134 valence electrons. The van der Waals surface area contributed by atoms with Crippen LogP contribution in [-0.4, -0.2) is 70.2 Å². The summed E-state index contributed by atoms with van der Waals surface area (Å²) in [6, 6.07) is 0.171. The van der Waals surface area contributed by atoms with Crippen molar-refractivity contribution in [3.63, 3.8) is 0 Å². The number of hydrogen-bond donors (Lipinski definition) is 0. The van der Waals surface area contributed by atoms with Crippen LogP contribution in [0.5, 0.6) is 0 Å². The number of carbonyl (C=O) groups excluding carboxylic acids is 1. The maximum atomic E-state index is 12.3. The van der Waals surface area contributed by atoms with Crippen LogP contribution in [-0.2, 0) is 16.1 Å². The molecule has 25 heavy (non-hydrogen) atoms. The molecule has 4 saturated heterocycles. The standard InChI is InChI=1S/C18H25N5O2/c24-16-10-15-18(23(16)8-9-25-18)4-7-22(15)13-14-11-19-17(20-12-14)21-5-2-1-3-6-21/h11-12,15H,1-10,13H2/t15-,18+/m1/s1. The van der Waals surface area contributed by atoms with E-state index in [-0.39, 0.29) is 17.7 Å². The fourth-order valence-corrected chi connectivity index (χ4v) is 4.99. The van der Waals surface area contributed by atoms with Crippen LogP contribution in [0.4, 0.5) is 5.95 Å². The number of amides is 1. The van der Waals surface area contributed by atoms with Gasteiger partial charge in [0.15, 0.2) is 5.72 Å². The Labute approximate surface area is 148 Å². The van der Waals surface area contributed by atoms with Crippen molar-refractivity contribution in [1.82, 2.24) is 19.8 Å². The Morgan fingerprint density at radius 3 is 2.72 bits per heavy atom. The first-order valence-corrected chi connectivity index (χ1v) is 9.51. The molecule has 4 aliphatic heterocycles. The molecule has 1 spiro atoms. The van der Waals surface area contributed by atoms with E-state index < -0.39 is 0 Å². The second-order valence-electron chi connectivity index (χ2n) is 7.62. The highest BCUT2D eigenvalue weighted by Crippen LogP contribution is 2.45. The summed E-state index contributed by atoms with van der Waals surface area (Å²) in [6.45, 7) is 5.29. The fourth-order valence-electron chi connectivity index (χ4n) is 4.99. The van der Waals surface area contributed by atoms with Crippen molar-refractivity contribution in [2.45, 2.75) is 50.4 Å². The zero-order valence-corrected chi connectivity index (χ0v) is 14.6. The van der Waals surface area contributed by atoms with Crippen molar-refractivity contribution >= 4 is 11.9 Å². The molecule has 7 heteroatoms. The topological polar surface area (TPSA) is 61.8 Å². The van der Waals surface area contributed by atoms with E-state index in [1.165, 1.54) is 19.3 Å². The highest BCUT2D eigenvalue weighted by atomic mass is 16.5. The van der Waals surface area contributed by atoms with Crippen LogP contribution >= 0.6 is 0 Å². The summed E-state index contributed by atoms with van der Waals surface area (Å²) in [4.78, 5) is 28.1. The molecule has 4 fully saturated rings. The van der Waals surface area contributed by atoms with Gasteiger partial charge in [-0.1, -0.05) is 0 Å². The zero-order chi connectivity index (χ0) is 16.9. The summed E-state index contributed by atoms with van der Waals surface area (Å²) < 4.78 is 6.05. The van der Waals surface area contributed by atoms with Crippen LogP contribution in [0.2, 0.25) is 0 Å². The van der Waals surface area contributed by atoms with Gasteiger partial charge in [0.25, 0.3) is 0 Å². The SMILES string of the molecule is O=C1C[C@H]2N(Cc3cnc(N4CCCCC4)nc3)CC[C@]23OCCN13. The van der Waals surface area contributed by atoms with Crippen molar-refractivity contribution in [2.75, 3.05) is 37.7 Å². The molecule has 0 N–H and O–H groups in total. The van der Waals surface area contributed by atoms with E-state index in [4.69, 9.17) is 4.74 Å². The lowest BCUT2D eigenvalue weighted by Crippen LogP contribution is -2.47. The summed E-state index contributed by atoms with van der Waals surface area (Å²) in [6.07, 6.45) is 9.16. The molecule has 5 rings (SSSR count). The molecule has 0 aromatic carbocycles. The number of ether oxygens (including phenoxy) is 1. The number of anilines is 1. The van der Waals surface area contributed by atoms with Crippen LogP contribution in [0.1, 0.15) is 37.7 Å². The quantitative estimate of drug-likeness (QED) is 0.816. The minimum Gasteiger partial charge on any atom is -0.352 e. The lowest BCUT2D eigenvalue weighted by molar-refractivity contribution is -0.136. The number of piperidine rings is 1. The lowest BCUT2D eigenvalue weighted by atomic mass is 10.1. The Hall–Kier alpha value is -1.73. The molecule has 7 nitrogen and oxygen atoms in total. The molecule has 1 aromatic rings. The molecule has 0 bridgehead atoms. The Bertz CT molecular complexity index is 660. The molecule has 1 aromatic heterocycles. The second-order valence-corrected chi connectivity index (χ2v) is 7.62. The van der Waals surface area contributed by atoms with E-state index in [0.717, 1.165) is 50.7 Å². The van der Waals surface area contributed by atoms with Crippen LogP contribution in [0.25, 0.3) is 0 Å². The third-order valence-corrected chi connectivity index (χ3v) is 6.23. The van der Waals surface area contributed by atoms with Gasteiger partial charge in [-0.05, 0) is 19.3 Å². The largest absolute Gasteiger partial charge is 0.352 e. The van der Waals surface area contributed by atoms with Crippen LogP contribution in [0.15, 0.2) is 12.4 Å². The van der Waals surface area contributed by atoms with Gasteiger partial charge >= 0.3 is 0 Å². The van der Waals surface area contributed by atoms with Gasteiger partial charge in [-0.2, -0.15) is 0 Å². The van der Waals surface area contributed by atoms with Gasteiger partial charge in [-0.25, -0.2) is 9.97 Å². The highest BCUT2D eigenvalue weighted by molar-refractivity contribution is 5.81. The monoisotopic (exact) mass is 343 g/mol. The molecular formula is C18H25N5O2. The lowest BCUT2D eigenvalue weighted by Gasteiger charge is -2.31. The number of hydrogen-bond acceptors (Lipinski definition) is 6. The average Bonchev–Trinajstić information content (AvgIpc) is 3.29. The van der Waals surface area contributed by atoms with Gasteiger partial charge in [0.2, 0.25) is 11.9 Å². The van der Waals surface area contributed by atoms with E-state index >= 15 is 0 Å². The van der Waals surface area contributed by atoms with E-state index in [9.17, 15) is 4.79 Å². The molecule has 5 heterocycles. The minimum atomic E-state index is -0.355. The second kappa shape index (κ2) is 5.92. The van der Waals surface area contributed by atoms with Crippen molar-refractivity contribution in [3.8, 4) is 0 Å². The van der Waals surface area contributed by atoms with Gasteiger partial charge in [0.05, 0.1) is 12.6 Å². The molecule has 0 saturated carbocycles. The summed E-state index contributed by atoms with van der Waals surface area (Å²) in [5, 5.41) is 0. The first-order chi connectivity index (χ1) is 12.3. The van der Waals surface area contributed by atoms with E-state index in [2.05, 4.69) is 19.8 Å². The van der Waals surface area contributed by atoms with Crippen molar-refractivity contribution < 1.29 is 9.53 Å². The fraction of sp³-hybridized carbons (Fsp3) is 0.722. The first kappa shape index (κ1) is 15.5. The molecule has 0 radical (unpaired) electrons. The third-order valence-electron chi connectivity index (χ3n) is 6.23. The Morgan fingerprint density at radius 1 is 1.12 bits per heavy atom. The number of likely N-dealkylation sites (tertiary alicyclic amines) is 1. The van der Waals surface area contributed by atoms with E-state index in [1.54, 1.807) is 0 Å². The predicted octanol–water partition coefficient (Wildman–Crippen LogP) is 1.000. The number of carbonyl (C=O) groups is 1. The van der Waals surface area contributed by atoms with Gasteiger partial charge in [0.1, 0.15) is 0 Å². The maximum Gasteiger partial charge on any atom is 0.226 e. The molecule has 0 unspecified atom stereocenters. The first-order valence-electron chi connectivity index (χ1n) is 9.51. The van der Waals surface area contributed by atoms with Gasteiger partial charge in [0, 0.05) is 63.5 Å². The predicted molar refractivity (Wildman–Crippen MR) is 91.9 cm³/mol. The average molecular weight is 343 g/mol. The molecule has 1 amide bonds. The Kier molecular flexibility index (Phi) is 3.67. The van der Waals surface area contributed by atoms with E-state index in [1.807, 2.05) is 17.3 Å². The van der Waals surface area contributed by atoms with Crippen LogP contribution in [0, 0.1) is 0 Å². The summed E-state index contributed by atoms with van der Waals surface area (Å²) in [5.41, 5.74) is 0.757. The highest BCUT2D eigenvalue weighted by Gasteiger charge is 2.61. The zero-order valence-electron chi connectivity index (χ0n) is 14.6. The molecule has 4 aliphatic rings. The molecular weight excluding hydrogens is 318 g/mol. The van der Waals surface area contributed by atoms with Gasteiger partial charge < -0.3 is 14.5 Å². The van der Waals surface area contributed by atoms with Crippen molar-refractivity contribution in [1.29, 1.82) is 0 Å². The van der Waals surface area contributed by atoms with Gasteiger partial charge in [-0.3, -0.25) is 9.69 Å². The number of aromatic nitrogens is 2. The van der Waals surface area contributed by atoms with Crippen LogP contribution in [0.3, 0.4) is 0 Å². The third kappa shape index (κ3) is 2.44. The minimum absolute atomic E-state index is 0.171. The molecule has 2 atom stereocenters. The summed E-state index contributed by atoms with van der Waals surface area (Å²) in [5.74, 6) is 1.09. The Balaban J connectivity index is 1.29. The van der Waals surface area contributed by atoms with Crippen LogP contribution < -0.4 is 4.90 Å². The maximum absolute atomic E-state index is 12.3. The smallest absolute Gasteiger partial charge is 0.226 e. The summed E-state index contributed by atoms with van der Waals surface area (Å²) >= 11 is 0. The number of nitrogens with zero attached hydrogens (tertiary/aromatic N) is 5. The van der Waals surface area contributed by atoms with Gasteiger partial charge in [-0.15, -0.1) is 0 Å². The Morgan fingerprint density at radius 2 is 1.92 bits per heavy atom. The number of rotatable bonds is 3. The van der Waals surface area contributed by atoms with Crippen molar-refractivity contribution in [3.05, 3.63) is 18.0 Å². The summed E-state index contributed by atoms with van der Waals surface area (Å²) in [7, 11) is 0. The van der Waals surface area contributed by atoms with E-state index in [0.29, 0.717) is 13.0 Å². The normalized spacial score (nSPS) is 32.3. The molecule has 0 aliphatic carbocycles. The van der Waals surface area contributed by atoms with Crippen molar-refractivity contribution in [2.24, 2.45) is 0 Å².